The van der Waals surface area contributed by atoms with Crippen LogP contribution < -0.4 is 20.4 Å². The number of benzene rings is 1. The summed E-state index contributed by atoms with van der Waals surface area (Å²) in [6.45, 7) is 12.5. The van der Waals surface area contributed by atoms with E-state index in [4.69, 9.17) is 22.2 Å². The minimum Gasteiger partial charge on any atom is -0.358 e. The number of nitrogens with zero attached hydrogens (tertiary/aromatic N) is 4. The summed E-state index contributed by atoms with van der Waals surface area (Å²) >= 11 is 5.52. The molecule has 1 aromatic heterocycles. The average molecular weight is 439 g/mol. The summed E-state index contributed by atoms with van der Waals surface area (Å²) in [7, 11) is 0. The summed E-state index contributed by atoms with van der Waals surface area (Å²) in [6, 6.07) is 10.8. The number of nitrogens with one attached hydrogen (secondary N) is 2. The highest BCUT2D eigenvalue weighted by Gasteiger charge is 2.23. The van der Waals surface area contributed by atoms with Crippen molar-refractivity contribution in [1.82, 2.24) is 15.3 Å². The molecular weight excluding hydrogens is 404 g/mol. The third kappa shape index (κ3) is 5.64. The van der Waals surface area contributed by atoms with E-state index in [2.05, 4.69) is 78.5 Å². The van der Waals surface area contributed by atoms with Crippen LogP contribution in [0.25, 0.3) is 0 Å². The summed E-state index contributed by atoms with van der Waals surface area (Å²) < 4.78 is 0. The van der Waals surface area contributed by atoms with Gasteiger partial charge in [-0.05, 0) is 69.3 Å². The SMILES string of the molecule is CC1CCN(c2cc(N3CCc4ccccc4C3)nc(NC(=S)NC(C)(C)C)n2)CC1. The number of hydrogen-bond donors (Lipinski definition) is 2. The van der Waals surface area contributed by atoms with Crippen LogP contribution in [-0.2, 0) is 13.0 Å². The molecular formula is C24H34N6S. The molecule has 0 spiro atoms. The molecule has 2 aromatic rings. The molecule has 1 aromatic carbocycles. The number of rotatable bonds is 3. The molecule has 2 N–H and O–H groups in total. The van der Waals surface area contributed by atoms with Crippen LogP contribution in [0.3, 0.4) is 0 Å². The van der Waals surface area contributed by atoms with E-state index in [-0.39, 0.29) is 5.54 Å². The van der Waals surface area contributed by atoms with E-state index in [1.165, 1.54) is 24.0 Å². The van der Waals surface area contributed by atoms with Crippen molar-refractivity contribution in [3.63, 3.8) is 0 Å². The van der Waals surface area contributed by atoms with Crippen LogP contribution in [0.15, 0.2) is 30.3 Å². The third-order valence-corrected chi connectivity index (χ3v) is 6.18. The van der Waals surface area contributed by atoms with Gasteiger partial charge in [-0.15, -0.1) is 0 Å². The highest BCUT2D eigenvalue weighted by Crippen LogP contribution is 2.29. The van der Waals surface area contributed by atoms with Crippen LogP contribution in [0.1, 0.15) is 51.7 Å². The molecule has 7 heteroatoms. The molecule has 0 amide bonds. The van der Waals surface area contributed by atoms with Crippen molar-refractivity contribution >= 4 is 34.9 Å². The minimum atomic E-state index is -0.121. The first kappa shape index (κ1) is 21.8. The maximum atomic E-state index is 5.52. The van der Waals surface area contributed by atoms with E-state index in [9.17, 15) is 0 Å². The van der Waals surface area contributed by atoms with E-state index in [0.29, 0.717) is 11.1 Å². The molecule has 4 rings (SSSR count). The van der Waals surface area contributed by atoms with E-state index in [0.717, 1.165) is 50.2 Å². The van der Waals surface area contributed by atoms with Crippen LogP contribution in [-0.4, -0.2) is 40.3 Å². The summed E-state index contributed by atoms with van der Waals surface area (Å²) in [4.78, 5) is 14.4. The monoisotopic (exact) mass is 438 g/mol. The standard InChI is InChI=1S/C24H34N6S/c1-17-9-12-29(13-10-17)20-15-21(26-22(25-20)27-23(31)28-24(2,3)4)30-14-11-18-7-5-6-8-19(18)16-30/h5-8,15,17H,9-14,16H2,1-4H3,(H2,25,26,27,28,31). The van der Waals surface area contributed by atoms with Crippen LogP contribution in [0, 0.1) is 5.92 Å². The van der Waals surface area contributed by atoms with Crippen LogP contribution >= 0.6 is 12.2 Å². The molecule has 166 valence electrons. The van der Waals surface area contributed by atoms with E-state index < -0.39 is 0 Å². The molecule has 6 nitrogen and oxygen atoms in total. The van der Waals surface area contributed by atoms with Gasteiger partial charge in [-0.2, -0.15) is 9.97 Å². The third-order valence-electron chi connectivity index (χ3n) is 5.98. The maximum Gasteiger partial charge on any atom is 0.232 e. The topological polar surface area (TPSA) is 56.3 Å². The number of hydrogen-bond acceptors (Lipinski definition) is 5. The van der Waals surface area contributed by atoms with Crippen molar-refractivity contribution in [2.24, 2.45) is 5.92 Å². The Morgan fingerprint density at radius 1 is 1.00 bits per heavy atom. The summed E-state index contributed by atoms with van der Waals surface area (Å²) in [6.07, 6.45) is 3.43. The quantitative estimate of drug-likeness (QED) is 0.691. The number of piperidine rings is 1. The smallest absolute Gasteiger partial charge is 0.232 e. The molecule has 0 atom stereocenters. The maximum absolute atomic E-state index is 5.52. The second kappa shape index (κ2) is 8.99. The Morgan fingerprint density at radius 3 is 2.32 bits per heavy atom. The van der Waals surface area contributed by atoms with Crippen molar-refractivity contribution in [2.45, 2.75) is 59.0 Å². The Labute approximate surface area is 191 Å². The lowest BCUT2D eigenvalue weighted by Gasteiger charge is -2.33. The van der Waals surface area contributed by atoms with Crippen molar-refractivity contribution < 1.29 is 0 Å². The Balaban J connectivity index is 1.61. The Kier molecular flexibility index (Phi) is 6.32. The average Bonchev–Trinajstić information content (AvgIpc) is 2.72. The van der Waals surface area contributed by atoms with Gasteiger partial charge in [0.15, 0.2) is 5.11 Å². The zero-order valence-corrected chi connectivity index (χ0v) is 19.9. The fourth-order valence-electron chi connectivity index (χ4n) is 4.20. The van der Waals surface area contributed by atoms with Gasteiger partial charge in [-0.1, -0.05) is 31.2 Å². The van der Waals surface area contributed by atoms with Crippen molar-refractivity contribution in [2.75, 3.05) is 34.8 Å². The van der Waals surface area contributed by atoms with E-state index in [1.807, 2.05) is 0 Å². The Morgan fingerprint density at radius 2 is 1.65 bits per heavy atom. The molecule has 2 aliphatic rings. The zero-order valence-electron chi connectivity index (χ0n) is 19.1. The summed E-state index contributed by atoms with van der Waals surface area (Å²) in [5, 5.41) is 7.08. The second-order valence-corrected chi connectivity index (χ2v) is 10.3. The normalized spacial score (nSPS) is 17.3. The van der Waals surface area contributed by atoms with Gasteiger partial charge in [0.2, 0.25) is 5.95 Å². The highest BCUT2D eigenvalue weighted by molar-refractivity contribution is 7.80. The fraction of sp³-hybridized carbons (Fsp3) is 0.542. The largest absolute Gasteiger partial charge is 0.358 e. The first-order valence-electron chi connectivity index (χ1n) is 11.3. The predicted molar refractivity (Wildman–Crippen MR) is 133 cm³/mol. The number of thiocarbonyl (C=S) groups is 1. The lowest BCUT2D eigenvalue weighted by atomic mass is 9.99. The van der Waals surface area contributed by atoms with Crippen LogP contribution in [0.4, 0.5) is 17.6 Å². The molecule has 2 aliphatic heterocycles. The van der Waals surface area contributed by atoms with Gasteiger partial charge in [0.05, 0.1) is 0 Å². The van der Waals surface area contributed by atoms with E-state index in [1.54, 1.807) is 0 Å². The van der Waals surface area contributed by atoms with Gasteiger partial charge in [0.1, 0.15) is 11.6 Å². The summed E-state index contributed by atoms with van der Waals surface area (Å²) in [5.74, 6) is 3.28. The van der Waals surface area contributed by atoms with Crippen LogP contribution in [0.5, 0.6) is 0 Å². The first-order valence-corrected chi connectivity index (χ1v) is 11.7. The molecule has 31 heavy (non-hydrogen) atoms. The van der Waals surface area contributed by atoms with Gasteiger partial charge >= 0.3 is 0 Å². The van der Waals surface area contributed by atoms with Crippen molar-refractivity contribution in [3.8, 4) is 0 Å². The summed E-state index contributed by atoms with van der Waals surface area (Å²) in [5.41, 5.74) is 2.69. The van der Waals surface area contributed by atoms with Gasteiger partial charge in [-0.25, -0.2) is 0 Å². The van der Waals surface area contributed by atoms with Crippen molar-refractivity contribution in [1.29, 1.82) is 0 Å². The van der Waals surface area contributed by atoms with Gasteiger partial charge in [0, 0.05) is 37.8 Å². The second-order valence-electron chi connectivity index (χ2n) is 9.85. The van der Waals surface area contributed by atoms with E-state index >= 15 is 0 Å². The number of anilines is 3. The Hall–Kier alpha value is -2.41. The number of aromatic nitrogens is 2. The number of fused-ring (bicyclic) bond motifs is 1. The Bertz CT molecular complexity index is 930. The van der Waals surface area contributed by atoms with Gasteiger partial charge in [0.25, 0.3) is 0 Å². The molecule has 0 radical (unpaired) electrons. The molecule has 0 aliphatic carbocycles. The van der Waals surface area contributed by atoms with Gasteiger partial charge < -0.3 is 20.4 Å². The lowest BCUT2D eigenvalue weighted by molar-refractivity contribution is 0.436. The molecule has 0 saturated carbocycles. The molecule has 0 bridgehead atoms. The highest BCUT2D eigenvalue weighted by atomic mass is 32.1. The lowest BCUT2D eigenvalue weighted by Crippen LogP contribution is -2.43. The molecule has 1 saturated heterocycles. The minimum absolute atomic E-state index is 0.121. The predicted octanol–water partition coefficient (Wildman–Crippen LogP) is 4.36. The fourth-order valence-corrected chi connectivity index (χ4v) is 4.60. The molecule has 3 heterocycles. The molecule has 0 unspecified atom stereocenters. The first-order chi connectivity index (χ1) is 14.8. The van der Waals surface area contributed by atoms with Crippen LogP contribution in [0.2, 0.25) is 0 Å². The van der Waals surface area contributed by atoms with Crippen molar-refractivity contribution in [3.05, 3.63) is 41.5 Å². The van der Waals surface area contributed by atoms with Gasteiger partial charge in [-0.3, -0.25) is 0 Å². The zero-order chi connectivity index (χ0) is 22.0. The molecule has 1 fully saturated rings.